The highest BCUT2D eigenvalue weighted by Crippen LogP contribution is 2.25. The third-order valence-corrected chi connectivity index (χ3v) is 3.79. The Morgan fingerprint density at radius 3 is 2.50 bits per heavy atom. The van der Waals surface area contributed by atoms with E-state index in [4.69, 9.17) is 12.2 Å². The van der Waals surface area contributed by atoms with Gasteiger partial charge in [0.15, 0.2) is 0 Å². The molecule has 102 valence electrons. The fourth-order valence-electron chi connectivity index (χ4n) is 1.78. The van der Waals surface area contributed by atoms with Crippen molar-refractivity contribution in [3.8, 4) is 5.69 Å². The monoisotopic (exact) mass is 348 g/mol. The summed E-state index contributed by atoms with van der Waals surface area (Å²) in [6.45, 7) is 7.35. The van der Waals surface area contributed by atoms with Gasteiger partial charge in [-0.2, -0.15) is 0 Å². The lowest BCUT2D eigenvalue weighted by atomic mass is 10.2. The van der Waals surface area contributed by atoms with Gasteiger partial charge in [-0.3, -0.25) is 9.36 Å². The predicted molar refractivity (Wildman–Crippen MR) is 87.9 cm³/mol. The van der Waals surface area contributed by atoms with Gasteiger partial charge in [0.2, 0.25) is 5.78 Å². The van der Waals surface area contributed by atoms with E-state index in [2.05, 4.69) is 27.5 Å². The molecule has 0 fully saturated rings. The van der Waals surface area contributed by atoms with E-state index in [0.717, 1.165) is 11.3 Å². The van der Waals surface area contributed by atoms with Gasteiger partial charge in [-0.15, -0.1) is 0 Å². The fraction of sp³-hybridized carbons (Fsp3) is 0.133. The van der Waals surface area contributed by atoms with E-state index in [1.807, 2.05) is 35.8 Å². The zero-order chi connectivity index (χ0) is 14.9. The molecule has 5 heteroatoms. The summed E-state index contributed by atoms with van der Waals surface area (Å²) in [6.07, 6.45) is 0. The van der Waals surface area contributed by atoms with Crippen molar-refractivity contribution >= 4 is 39.3 Å². The number of carbonyl (C=O) groups is 1. The zero-order valence-electron chi connectivity index (χ0n) is 11.2. The lowest BCUT2D eigenvalue weighted by molar-refractivity contribution is 0.103. The molecule has 0 radical (unpaired) electrons. The summed E-state index contributed by atoms with van der Waals surface area (Å²) in [7, 11) is 0. The second-order valence-corrected chi connectivity index (χ2v) is 5.49. The second-order valence-electron chi connectivity index (χ2n) is 4.51. The molecule has 0 saturated carbocycles. The second kappa shape index (κ2) is 5.81. The number of carbonyl (C=O) groups excluding carboxylic acids is 1. The first-order valence-electron chi connectivity index (χ1n) is 5.96. The van der Waals surface area contributed by atoms with Gasteiger partial charge in [-0.05, 0) is 47.5 Å². The van der Waals surface area contributed by atoms with Crippen molar-refractivity contribution < 1.29 is 4.79 Å². The Bertz CT molecular complexity index is 701. The van der Waals surface area contributed by atoms with Crippen LogP contribution in [0.4, 0.5) is 0 Å². The first-order chi connectivity index (χ1) is 9.45. The van der Waals surface area contributed by atoms with E-state index in [0.29, 0.717) is 21.7 Å². The molecule has 0 atom stereocenters. The maximum atomic E-state index is 12.1. The number of thiocarbonyl (C=S) groups is 1. The molecule has 3 nitrogen and oxygen atoms in total. The Kier molecular flexibility index (Phi) is 4.30. The molecule has 0 amide bonds. The molecule has 0 aliphatic heterocycles. The van der Waals surface area contributed by atoms with Gasteiger partial charge in [0.1, 0.15) is 16.1 Å². The Morgan fingerprint density at radius 1 is 1.40 bits per heavy atom. The molecular weight excluding hydrogens is 336 g/mol. The molecule has 0 saturated heterocycles. The number of benzene rings is 1. The normalized spacial score (nSPS) is 10.3. The van der Waals surface area contributed by atoms with Gasteiger partial charge >= 0.3 is 0 Å². The molecule has 0 N–H and O–H groups in total. The Labute approximate surface area is 131 Å². The Hall–Kier alpha value is -1.59. The molecular formula is C15H13BrN2OS. The zero-order valence-corrected chi connectivity index (χ0v) is 13.6. The van der Waals surface area contributed by atoms with Crippen LogP contribution >= 0.6 is 28.1 Å². The summed E-state index contributed by atoms with van der Waals surface area (Å²) in [5.74, 6) is 0.348. The Morgan fingerprint density at radius 2 is 2.00 bits per heavy atom. The molecule has 0 aliphatic carbocycles. The minimum Gasteiger partial charge on any atom is -0.287 e. The quantitative estimate of drug-likeness (QED) is 0.475. The average molecular weight is 349 g/mol. The molecule has 0 spiro atoms. The van der Waals surface area contributed by atoms with Gasteiger partial charge in [0, 0.05) is 11.1 Å². The van der Waals surface area contributed by atoms with E-state index in [9.17, 15) is 4.79 Å². The summed E-state index contributed by atoms with van der Waals surface area (Å²) in [6, 6.07) is 7.91. The maximum absolute atomic E-state index is 12.1. The molecule has 0 aliphatic rings. The van der Waals surface area contributed by atoms with Crippen LogP contribution in [0.15, 0.2) is 41.0 Å². The summed E-state index contributed by atoms with van der Waals surface area (Å²) in [4.78, 5) is 16.4. The standard InChI is InChI=1S/C15H13BrN2OS/c1-9(2)14(19)13-15(16)18(12(8-20)17-13)11-6-4-10(3)5-7-11/h4-8H,1H2,2-3H3. The minimum atomic E-state index is -0.194. The molecule has 1 heterocycles. The van der Waals surface area contributed by atoms with Crippen molar-refractivity contribution in [3.63, 3.8) is 0 Å². The number of hydrogen-bond donors (Lipinski definition) is 0. The SMILES string of the molecule is C=C(C)C(=O)c1nc(C=S)n(-c2ccc(C)cc2)c1Br. The topological polar surface area (TPSA) is 34.9 Å². The largest absolute Gasteiger partial charge is 0.287 e. The van der Waals surface area contributed by atoms with E-state index >= 15 is 0 Å². The third-order valence-electron chi connectivity index (χ3n) is 2.85. The molecule has 2 rings (SSSR count). The summed E-state index contributed by atoms with van der Waals surface area (Å²) < 4.78 is 2.40. The van der Waals surface area contributed by atoms with Gasteiger partial charge in [-0.1, -0.05) is 36.5 Å². The van der Waals surface area contributed by atoms with Crippen molar-refractivity contribution in [3.05, 3.63) is 58.1 Å². The van der Waals surface area contributed by atoms with Crippen molar-refractivity contribution in [2.45, 2.75) is 13.8 Å². The summed E-state index contributed by atoms with van der Waals surface area (Å²) in [5.41, 5.74) is 2.82. The van der Waals surface area contributed by atoms with Crippen LogP contribution in [0, 0.1) is 6.92 Å². The number of ketones is 1. The first-order valence-corrected chi connectivity index (χ1v) is 7.22. The maximum Gasteiger partial charge on any atom is 0.209 e. The Balaban J connectivity index is 2.64. The van der Waals surface area contributed by atoms with Crippen LogP contribution in [0.5, 0.6) is 0 Å². The van der Waals surface area contributed by atoms with E-state index in [-0.39, 0.29) is 5.78 Å². The van der Waals surface area contributed by atoms with Gasteiger partial charge in [0.05, 0.1) is 0 Å². The van der Waals surface area contributed by atoms with Gasteiger partial charge < -0.3 is 0 Å². The van der Waals surface area contributed by atoms with Gasteiger partial charge in [-0.25, -0.2) is 4.98 Å². The van der Waals surface area contributed by atoms with Crippen molar-refractivity contribution in [2.75, 3.05) is 0 Å². The van der Waals surface area contributed by atoms with E-state index in [1.54, 1.807) is 6.92 Å². The molecule has 20 heavy (non-hydrogen) atoms. The number of hydrogen-bond acceptors (Lipinski definition) is 3. The number of aromatic nitrogens is 2. The van der Waals surface area contributed by atoms with Crippen LogP contribution in [-0.2, 0) is 0 Å². The number of imidazole rings is 1. The van der Waals surface area contributed by atoms with Crippen molar-refractivity contribution in [2.24, 2.45) is 0 Å². The minimum absolute atomic E-state index is 0.194. The lowest BCUT2D eigenvalue weighted by Gasteiger charge is -2.07. The van der Waals surface area contributed by atoms with Crippen molar-refractivity contribution in [1.82, 2.24) is 9.55 Å². The average Bonchev–Trinajstić information content (AvgIpc) is 2.76. The van der Waals surface area contributed by atoms with Crippen LogP contribution in [0.2, 0.25) is 0 Å². The van der Waals surface area contributed by atoms with Crippen LogP contribution in [0.3, 0.4) is 0 Å². The molecule has 1 aromatic carbocycles. The highest BCUT2D eigenvalue weighted by atomic mass is 79.9. The third kappa shape index (κ3) is 2.64. The van der Waals surface area contributed by atoms with Crippen molar-refractivity contribution in [1.29, 1.82) is 0 Å². The van der Waals surface area contributed by atoms with Crippen LogP contribution in [-0.4, -0.2) is 20.7 Å². The van der Waals surface area contributed by atoms with Crippen LogP contribution in [0.1, 0.15) is 28.8 Å². The smallest absolute Gasteiger partial charge is 0.209 e. The molecule has 2 aromatic rings. The fourth-order valence-corrected chi connectivity index (χ4v) is 2.60. The number of allylic oxidation sites excluding steroid dienone is 1. The van der Waals surface area contributed by atoms with Gasteiger partial charge in [0.25, 0.3) is 0 Å². The summed E-state index contributed by atoms with van der Waals surface area (Å²) >= 11 is 8.43. The van der Waals surface area contributed by atoms with Crippen LogP contribution < -0.4 is 0 Å². The number of Topliss-reactive ketones (excluding diaryl/α,β-unsaturated/α-hetero) is 1. The number of nitrogens with zero attached hydrogens (tertiary/aromatic N) is 2. The highest BCUT2D eigenvalue weighted by Gasteiger charge is 2.21. The van der Waals surface area contributed by atoms with Crippen LogP contribution in [0.25, 0.3) is 5.69 Å². The first kappa shape index (κ1) is 14.8. The van der Waals surface area contributed by atoms with E-state index < -0.39 is 0 Å². The number of aryl methyl sites for hydroxylation is 1. The highest BCUT2D eigenvalue weighted by molar-refractivity contribution is 9.10. The lowest BCUT2D eigenvalue weighted by Crippen LogP contribution is -2.02. The molecule has 1 aromatic heterocycles. The summed E-state index contributed by atoms with van der Waals surface area (Å²) in [5, 5.41) is 1.46. The molecule has 0 bridgehead atoms. The predicted octanol–water partition coefficient (Wildman–Crippen LogP) is 4.05. The number of rotatable bonds is 4. The number of halogens is 1. The molecule has 0 unspecified atom stereocenters. The van der Waals surface area contributed by atoms with E-state index in [1.165, 1.54) is 5.37 Å².